The molecule has 1 aromatic rings. The molecular formula is C13H18N2O3. The molecule has 0 radical (unpaired) electrons. The Bertz CT molecular complexity index is 413. The predicted molar refractivity (Wildman–Crippen MR) is 70.0 cm³/mol. The monoisotopic (exact) mass is 250 g/mol. The van der Waals surface area contributed by atoms with Crippen LogP contribution in [0.5, 0.6) is 5.75 Å². The quantitative estimate of drug-likeness (QED) is 0.645. The lowest BCUT2D eigenvalue weighted by Gasteiger charge is -2.06. The first-order valence-electron chi connectivity index (χ1n) is 5.78. The minimum absolute atomic E-state index is 0.586. The molecule has 1 rings (SSSR count). The number of hydrogen-bond acceptors (Lipinski definition) is 4. The van der Waals surface area contributed by atoms with Gasteiger partial charge in [0.1, 0.15) is 5.75 Å². The van der Waals surface area contributed by atoms with Gasteiger partial charge in [-0.3, -0.25) is 0 Å². The third-order valence-electron chi connectivity index (χ3n) is 2.25. The molecule has 0 saturated heterocycles. The largest absolute Gasteiger partial charge is 0.494 e. The number of hydrazone groups is 1. The van der Waals surface area contributed by atoms with E-state index in [0.717, 1.165) is 17.7 Å². The molecule has 1 N–H and O–H groups in total. The summed E-state index contributed by atoms with van der Waals surface area (Å²) in [6.07, 6.45) is 0.392. The van der Waals surface area contributed by atoms with E-state index in [4.69, 9.17) is 4.74 Å². The highest BCUT2D eigenvalue weighted by atomic mass is 16.5. The number of nitrogens with zero attached hydrogens (tertiary/aromatic N) is 1. The summed E-state index contributed by atoms with van der Waals surface area (Å²) in [5.74, 6) is 0.828. The first-order valence-corrected chi connectivity index (χ1v) is 5.78. The molecule has 18 heavy (non-hydrogen) atoms. The first-order chi connectivity index (χ1) is 8.67. The smallest absolute Gasteiger partial charge is 0.427 e. The summed E-state index contributed by atoms with van der Waals surface area (Å²) in [6, 6.07) is 7.54. The van der Waals surface area contributed by atoms with Crippen molar-refractivity contribution >= 4 is 11.8 Å². The van der Waals surface area contributed by atoms with Gasteiger partial charge in [-0.25, -0.2) is 10.2 Å². The second-order valence-electron chi connectivity index (χ2n) is 3.67. The number of carbonyl (C=O) groups is 1. The van der Waals surface area contributed by atoms with E-state index in [0.29, 0.717) is 12.3 Å². The third-order valence-corrected chi connectivity index (χ3v) is 2.25. The van der Waals surface area contributed by atoms with Crippen LogP contribution in [-0.4, -0.2) is 25.5 Å². The molecule has 0 aliphatic rings. The molecular weight excluding hydrogens is 232 g/mol. The van der Waals surface area contributed by atoms with Crippen LogP contribution in [-0.2, 0) is 4.74 Å². The van der Waals surface area contributed by atoms with Crippen molar-refractivity contribution in [3.8, 4) is 5.75 Å². The maximum absolute atomic E-state index is 10.9. The Balaban J connectivity index is 2.63. The van der Waals surface area contributed by atoms with Gasteiger partial charge >= 0.3 is 6.09 Å². The van der Waals surface area contributed by atoms with Crippen LogP contribution in [0.2, 0.25) is 0 Å². The van der Waals surface area contributed by atoms with Gasteiger partial charge < -0.3 is 9.47 Å². The van der Waals surface area contributed by atoms with E-state index in [1.807, 2.05) is 24.3 Å². The Morgan fingerprint density at radius 1 is 1.33 bits per heavy atom. The molecule has 1 aromatic carbocycles. The highest BCUT2D eigenvalue weighted by molar-refractivity contribution is 5.99. The van der Waals surface area contributed by atoms with Crippen LogP contribution in [0.25, 0.3) is 0 Å². The van der Waals surface area contributed by atoms with Crippen LogP contribution in [0, 0.1) is 0 Å². The van der Waals surface area contributed by atoms with E-state index in [9.17, 15) is 4.79 Å². The van der Waals surface area contributed by atoms with Gasteiger partial charge in [0.05, 0.1) is 19.4 Å². The zero-order valence-electron chi connectivity index (χ0n) is 10.9. The average Bonchev–Trinajstić information content (AvgIpc) is 2.42. The SMILES string of the molecule is CCCOc1ccc(/C(C)=N\NC(=O)OC)cc1. The van der Waals surface area contributed by atoms with Crippen LogP contribution < -0.4 is 10.2 Å². The highest BCUT2D eigenvalue weighted by Crippen LogP contribution is 2.13. The van der Waals surface area contributed by atoms with Gasteiger partial charge in [0.2, 0.25) is 0 Å². The van der Waals surface area contributed by atoms with E-state index in [1.54, 1.807) is 6.92 Å². The number of rotatable bonds is 5. The topological polar surface area (TPSA) is 59.9 Å². The molecule has 0 aliphatic heterocycles. The molecule has 0 unspecified atom stereocenters. The number of carbonyl (C=O) groups excluding carboxylic acids is 1. The lowest BCUT2D eigenvalue weighted by molar-refractivity contribution is 0.171. The lowest BCUT2D eigenvalue weighted by atomic mass is 10.1. The van der Waals surface area contributed by atoms with Gasteiger partial charge in [0.15, 0.2) is 0 Å². The zero-order chi connectivity index (χ0) is 13.4. The lowest BCUT2D eigenvalue weighted by Crippen LogP contribution is -2.18. The van der Waals surface area contributed by atoms with Crippen molar-refractivity contribution in [2.24, 2.45) is 5.10 Å². The van der Waals surface area contributed by atoms with Gasteiger partial charge in [-0.1, -0.05) is 6.92 Å². The summed E-state index contributed by atoms with van der Waals surface area (Å²) in [4.78, 5) is 10.9. The van der Waals surface area contributed by atoms with Crippen molar-refractivity contribution in [1.82, 2.24) is 5.43 Å². The summed E-state index contributed by atoms with van der Waals surface area (Å²) in [5, 5.41) is 3.91. The fourth-order valence-electron chi connectivity index (χ4n) is 1.25. The first kappa shape index (κ1) is 14.0. The van der Waals surface area contributed by atoms with Crippen molar-refractivity contribution < 1.29 is 14.3 Å². The van der Waals surface area contributed by atoms with Crippen LogP contribution in [0.1, 0.15) is 25.8 Å². The summed E-state index contributed by atoms with van der Waals surface area (Å²) < 4.78 is 9.90. The molecule has 0 saturated carbocycles. The van der Waals surface area contributed by atoms with Crippen LogP contribution >= 0.6 is 0 Å². The van der Waals surface area contributed by atoms with Gasteiger partial charge in [-0.05, 0) is 43.2 Å². The van der Waals surface area contributed by atoms with E-state index in [2.05, 4.69) is 22.2 Å². The number of ether oxygens (including phenoxy) is 2. The minimum atomic E-state index is -0.586. The van der Waals surface area contributed by atoms with Crippen LogP contribution in [0.4, 0.5) is 4.79 Å². The summed E-state index contributed by atoms with van der Waals surface area (Å²) in [6.45, 7) is 4.57. The third kappa shape index (κ3) is 4.45. The Kier molecular flexibility index (Phi) is 5.70. The Morgan fingerprint density at radius 3 is 2.56 bits per heavy atom. The van der Waals surface area contributed by atoms with Crippen LogP contribution in [0.3, 0.4) is 0 Å². The Hall–Kier alpha value is -2.04. The van der Waals surface area contributed by atoms with Gasteiger partial charge in [-0.15, -0.1) is 0 Å². The number of benzene rings is 1. The number of hydrogen-bond donors (Lipinski definition) is 1. The molecule has 5 nitrogen and oxygen atoms in total. The molecule has 98 valence electrons. The zero-order valence-corrected chi connectivity index (χ0v) is 10.9. The number of nitrogens with one attached hydrogen (secondary N) is 1. The highest BCUT2D eigenvalue weighted by Gasteiger charge is 2.00. The molecule has 0 aromatic heterocycles. The molecule has 5 heteroatoms. The normalized spacial score (nSPS) is 10.9. The maximum Gasteiger partial charge on any atom is 0.427 e. The van der Waals surface area contributed by atoms with Gasteiger partial charge in [0, 0.05) is 0 Å². The van der Waals surface area contributed by atoms with Crippen molar-refractivity contribution in [3.05, 3.63) is 29.8 Å². The van der Waals surface area contributed by atoms with Crippen molar-refractivity contribution in [3.63, 3.8) is 0 Å². The second-order valence-corrected chi connectivity index (χ2v) is 3.67. The molecule has 0 fully saturated rings. The van der Waals surface area contributed by atoms with E-state index < -0.39 is 6.09 Å². The average molecular weight is 250 g/mol. The summed E-state index contributed by atoms with van der Waals surface area (Å²) in [7, 11) is 1.29. The standard InChI is InChI=1S/C13H18N2O3/c1-4-9-18-12-7-5-11(6-8-12)10(2)14-15-13(16)17-3/h5-8H,4,9H2,1-3H3,(H,15,16)/b14-10-. The molecule has 0 aliphatic carbocycles. The predicted octanol–water partition coefficient (Wildman–Crippen LogP) is 2.56. The Labute approximate surface area is 107 Å². The van der Waals surface area contributed by atoms with E-state index in [1.165, 1.54) is 7.11 Å². The number of amides is 1. The van der Waals surface area contributed by atoms with Gasteiger partial charge in [0.25, 0.3) is 0 Å². The number of methoxy groups -OCH3 is 1. The summed E-state index contributed by atoms with van der Waals surface area (Å²) >= 11 is 0. The van der Waals surface area contributed by atoms with Crippen LogP contribution in [0.15, 0.2) is 29.4 Å². The van der Waals surface area contributed by atoms with Gasteiger partial charge in [-0.2, -0.15) is 5.10 Å². The molecule has 0 bridgehead atoms. The van der Waals surface area contributed by atoms with Crippen molar-refractivity contribution in [2.45, 2.75) is 20.3 Å². The van der Waals surface area contributed by atoms with E-state index in [-0.39, 0.29) is 0 Å². The maximum atomic E-state index is 10.9. The van der Waals surface area contributed by atoms with Crippen molar-refractivity contribution in [1.29, 1.82) is 0 Å². The molecule has 0 heterocycles. The molecule has 0 atom stereocenters. The minimum Gasteiger partial charge on any atom is -0.494 e. The summed E-state index contributed by atoms with van der Waals surface area (Å²) in [5.41, 5.74) is 3.88. The Morgan fingerprint density at radius 2 is 2.00 bits per heavy atom. The van der Waals surface area contributed by atoms with Crippen molar-refractivity contribution in [2.75, 3.05) is 13.7 Å². The molecule has 0 spiro atoms. The molecule has 1 amide bonds. The second kappa shape index (κ2) is 7.32. The fraction of sp³-hybridized carbons (Fsp3) is 0.385. The van der Waals surface area contributed by atoms with E-state index >= 15 is 0 Å². The fourth-order valence-corrected chi connectivity index (χ4v) is 1.25.